The molecule has 0 amide bonds. The van der Waals surface area contributed by atoms with E-state index in [0.717, 1.165) is 5.92 Å². The largest absolute Gasteiger partial charge is 0.316 e. The summed E-state index contributed by atoms with van der Waals surface area (Å²) >= 11 is 0. The second-order valence-electron chi connectivity index (χ2n) is 5.08. The Labute approximate surface area is 91.9 Å². The molecule has 1 heteroatoms. The topological polar surface area (TPSA) is 12.0 Å². The van der Waals surface area contributed by atoms with Crippen LogP contribution in [-0.2, 0) is 5.41 Å². The minimum atomic E-state index is 0.520. The molecule has 1 saturated heterocycles. The first kappa shape index (κ1) is 9.41. The fourth-order valence-electron chi connectivity index (χ4n) is 3.39. The average Bonchev–Trinajstić information content (AvgIpc) is 2.67. The SMILES string of the molecule is c1ccc(C2(C3CNC3)CCCC2)cc1. The van der Waals surface area contributed by atoms with Gasteiger partial charge in [0.15, 0.2) is 0 Å². The Morgan fingerprint density at radius 2 is 1.67 bits per heavy atom. The van der Waals surface area contributed by atoms with Crippen LogP contribution in [-0.4, -0.2) is 13.1 Å². The van der Waals surface area contributed by atoms with E-state index in [1.54, 1.807) is 5.56 Å². The van der Waals surface area contributed by atoms with Gasteiger partial charge in [0.05, 0.1) is 0 Å². The highest BCUT2D eigenvalue weighted by Crippen LogP contribution is 2.47. The van der Waals surface area contributed by atoms with E-state index in [4.69, 9.17) is 0 Å². The first-order valence-corrected chi connectivity index (χ1v) is 6.18. The Hall–Kier alpha value is -0.820. The van der Waals surface area contributed by atoms with E-state index in [-0.39, 0.29) is 0 Å². The van der Waals surface area contributed by atoms with Gasteiger partial charge >= 0.3 is 0 Å². The maximum atomic E-state index is 3.43. The zero-order valence-electron chi connectivity index (χ0n) is 9.21. The fourth-order valence-corrected chi connectivity index (χ4v) is 3.39. The van der Waals surface area contributed by atoms with E-state index in [2.05, 4.69) is 35.6 Å². The highest BCUT2D eigenvalue weighted by molar-refractivity contribution is 5.29. The van der Waals surface area contributed by atoms with Crippen molar-refractivity contribution in [2.45, 2.75) is 31.1 Å². The number of rotatable bonds is 2. The second kappa shape index (κ2) is 3.64. The highest BCUT2D eigenvalue weighted by Gasteiger charge is 2.44. The highest BCUT2D eigenvalue weighted by atomic mass is 15.0. The lowest BCUT2D eigenvalue weighted by Crippen LogP contribution is -2.53. The van der Waals surface area contributed by atoms with Gasteiger partial charge in [-0.15, -0.1) is 0 Å². The van der Waals surface area contributed by atoms with Gasteiger partial charge in [0.2, 0.25) is 0 Å². The Kier molecular flexibility index (Phi) is 2.28. The summed E-state index contributed by atoms with van der Waals surface area (Å²) in [5.41, 5.74) is 2.11. The van der Waals surface area contributed by atoms with Crippen LogP contribution in [0.3, 0.4) is 0 Å². The number of hydrogen-bond acceptors (Lipinski definition) is 1. The molecule has 1 aliphatic carbocycles. The first-order valence-electron chi connectivity index (χ1n) is 6.18. The molecule has 1 saturated carbocycles. The summed E-state index contributed by atoms with van der Waals surface area (Å²) < 4.78 is 0. The third kappa shape index (κ3) is 1.41. The molecule has 1 aliphatic heterocycles. The molecule has 0 bridgehead atoms. The summed E-state index contributed by atoms with van der Waals surface area (Å²) in [7, 11) is 0. The van der Waals surface area contributed by atoms with Crippen LogP contribution in [0.1, 0.15) is 31.2 Å². The maximum Gasteiger partial charge on any atom is 0.000546 e. The minimum absolute atomic E-state index is 0.520. The molecule has 1 aromatic rings. The van der Waals surface area contributed by atoms with Gasteiger partial charge in [-0.1, -0.05) is 43.2 Å². The zero-order valence-corrected chi connectivity index (χ0v) is 9.21. The molecule has 0 atom stereocenters. The fraction of sp³-hybridized carbons (Fsp3) is 0.571. The van der Waals surface area contributed by atoms with Gasteiger partial charge < -0.3 is 5.32 Å². The van der Waals surface area contributed by atoms with Crippen LogP contribution in [0.5, 0.6) is 0 Å². The van der Waals surface area contributed by atoms with Crippen LogP contribution < -0.4 is 5.32 Å². The van der Waals surface area contributed by atoms with Gasteiger partial charge in [-0.3, -0.25) is 0 Å². The predicted molar refractivity (Wildman–Crippen MR) is 62.9 cm³/mol. The lowest BCUT2D eigenvalue weighted by Gasteiger charge is -2.44. The van der Waals surface area contributed by atoms with Crippen LogP contribution in [0.4, 0.5) is 0 Å². The molecule has 1 N–H and O–H groups in total. The lowest BCUT2D eigenvalue weighted by molar-refractivity contribution is 0.191. The van der Waals surface area contributed by atoms with Crippen molar-refractivity contribution in [1.29, 1.82) is 0 Å². The van der Waals surface area contributed by atoms with E-state index in [1.807, 2.05) is 0 Å². The molecule has 0 unspecified atom stereocenters. The van der Waals surface area contributed by atoms with Crippen LogP contribution in [0.15, 0.2) is 30.3 Å². The molecular formula is C14H19N. The van der Waals surface area contributed by atoms with Gasteiger partial charge in [0.25, 0.3) is 0 Å². The van der Waals surface area contributed by atoms with E-state index < -0.39 is 0 Å². The molecule has 0 aromatic heterocycles. The maximum absolute atomic E-state index is 3.43. The number of hydrogen-bond donors (Lipinski definition) is 1. The molecular weight excluding hydrogens is 182 g/mol. The Morgan fingerprint density at radius 3 is 2.20 bits per heavy atom. The third-order valence-corrected chi connectivity index (χ3v) is 4.41. The van der Waals surface area contributed by atoms with Crippen LogP contribution in [0.2, 0.25) is 0 Å². The van der Waals surface area contributed by atoms with E-state index in [0.29, 0.717) is 5.41 Å². The van der Waals surface area contributed by atoms with E-state index >= 15 is 0 Å². The monoisotopic (exact) mass is 201 g/mol. The Balaban J connectivity index is 1.96. The smallest absolute Gasteiger partial charge is 0.000546 e. The minimum Gasteiger partial charge on any atom is -0.316 e. The summed E-state index contributed by atoms with van der Waals surface area (Å²) in [5, 5.41) is 3.43. The molecule has 15 heavy (non-hydrogen) atoms. The van der Waals surface area contributed by atoms with Crippen molar-refractivity contribution >= 4 is 0 Å². The molecule has 3 rings (SSSR count). The van der Waals surface area contributed by atoms with Crippen molar-refractivity contribution < 1.29 is 0 Å². The Morgan fingerprint density at radius 1 is 1.00 bits per heavy atom. The van der Waals surface area contributed by atoms with Crippen LogP contribution in [0, 0.1) is 5.92 Å². The standard InChI is InChI=1S/C14H19N/c1-2-6-12(7-3-1)14(8-4-5-9-14)13-10-15-11-13/h1-3,6-7,13,15H,4-5,8-11H2. The zero-order chi connectivity index (χ0) is 10.1. The summed E-state index contributed by atoms with van der Waals surface area (Å²) in [5.74, 6) is 0.891. The normalized spacial score (nSPS) is 25.1. The van der Waals surface area contributed by atoms with Crippen molar-refractivity contribution in [3.63, 3.8) is 0 Å². The average molecular weight is 201 g/mol. The van der Waals surface area contributed by atoms with Crippen molar-refractivity contribution in [2.75, 3.05) is 13.1 Å². The van der Waals surface area contributed by atoms with E-state index in [1.165, 1.54) is 38.8 Å². The van der Waals surface area contributed by atoms with Crippen molar-refractivity contribution in [1.82, 2.24) is 5.32 Å². The number of nitrogens with one attached hydrogen (secondary N) is 1. The summed E-state index contributed by atoms with van der Waals surface area (Å²) in [6, 6.07) is 11.2. The second-order valence-corrected chi connectivity index (χ2v) is 5.08. The third-order valence-electron chi connectivity index (χ3n) is 4.41. The van der Waals surface area contributed by atoms with E-state index in [9.17, 15) is 0 Å². The molecule has 80 valence electrons. The molecule has 1 aromatic carbocycles. The van der Waals surface area contributed by atoms with Gasteiger partial charge in [-0.05, 0) is 24.3 Å². The van der Waals surface area contributed by atoms with Gasteiger partial charge in [0, 0.05) is 18.5 Å². The van der Waals surface area contributed by atoms with Crippen LogP contribution >= 0.6 is 0 Å². The summed E-state index contributed by atoms with van der Waals surface area (Å²) in [6.45, 7) is 2.46. The lowest BCUT2D eigenvalue weighted by atomic mass is 9.66. The molecule has 0 spiro atoms. The van der Waals surface area contributed by atoms with Crippen molar-refractivity contribution in [3.05, 3.63) is 35.9 Å². The first-order chi connectivity index (χ1) is 7.42. The van der Waals surface area contributed by atoms with Gasteiger partial charge in [0.1, 0.15) is 0 Å². The summed E-state index contributed by atoms with van der Waals surface area (Å²) in [4.78, 5) is 0. The molecule has 1 nitrogen and oxygen atoms in total. The van der Waals surface area contributed by atoms with Gasteiger partial charge in [-0.25, -0.2) is 0 Å². The quantitative estimate of drug-likeness (QED) is 0.775. The predicted octanol–water partition coefficient (Wildman–Crippen LogP) is 2.72. The van der Waals surface area contributed by atoms with Gasteiger partial charge in [-0.2, -0.15) is 0 Å². The van der Waals surface area contributed by atoms with Crippen LogP contribution in [0.25, 0.3) is 0 Å². The molecule has 1 heterocycles. The van der Waals surface area contributed by atoms with Crippen molar-refractivity contribution in [3.8, 4) is 0 Å². The Bertz CT molecular complexity index is 320. The summed E-state index contributed by atoms with van der Waals surface area (Å²) in [6.07, 6.45) is 5.66. The molecule has 0 radical (unpaired) electrons. The molecule has 2 fully saturated rings. The number of benzene rings is 1. The molecule has 2 aliphatic rings. The van der Waals surface area contributed by atoms with Crippen molar-refractivity contribution in [2.24, 2.45) is 5.92 Å².